The van der Waals surface area contributed by atoms with Crippen LogP contribution in [-0.4, -0.2) is 36.4 Å². The summed E-state index contributed by atoms with van der Waals surface area (Å²) in [5, 5.41) is 3.27. The quantitative estimate of drug-likeness (QED) is 0.645. The standard InChI is InChI=1S/C22H27ClN2O3/c1-16-6-4-7-18(14-16)15-25(17(2)22(27)24-3)21(26)8-5-13-28-20-11-9-19(23)10-12-20/h4,6-7,9-12,14,17H,5,8,13,15H2,1-3H3,(H,24,27)/t17-/m1/s1. The van der Waals surface area contributed by atoms with E-state index in [1.807, 2.05) is 31.2 Å². The summed E-state index contributed by atoms with van der Waals surface area (Å²) < 4.78 is 5.65. The van der Waals surface area contributed by atoms with Crippen LogP contribution in [0.4, 0.5) is 0 Å². The summed E-state index contributed by atoms with van der Waals surface area (Å²) in [6, 6.07) is 14.5. The van der Waals surface area contributed by atoms with Gasteiger partial charge in [-0.1, -0.05) is 41.4 Å². The molecule has 0 aromatic heterocycles. The van der Waals surface area contributed by atoms with Crippen LogP contribution in [0.2, 0.25) is 5.02 Å². The SMILES string of the molecule is CNC(=O)[C@@H](C)N(Cc1cccc(C)c1)C(=O)CCCOc1ccc(Cl)cc1. The van der Waals surface area contributed by atoms with Gasteiger partial charge in [0.2, 0.25) is 11.8 Å². The first-order chi connectivity index (χ1) is 13.4. The number of nitrogens with zero attached hydrogens (tertiary/aromatic N) is 1. The Bertz CT molecular complexity index is 793. The predicted molar refractivity (Wildman–Crippen MR) is 111 cm³/mol. The van der Waals surface area contributed by atoms with Crippen molar-refractivity contribution in [1.82, 2.24) is 10.2 Å². The number of carbonyl (C=O) groups is 2. The Balaban J connectivity index is 1.95. The van der Waals surface area contributed by atoms with E-state index in [4.69, 9.17) is 16.3 Å². The third kappa shape index (κ3) is 6.57. The molecule has 2 aromatic rings. The van der Waals surface area contributed by atoms with Gasteiger partial charge in [0.15, 0.2) is 0 Å². The molecule has 0 bridgehead atoms. The fraction of sp³-hybridized carbons (Fsp3) is 0.364. The third-order valence-electron chi connectivity index (χ3n) is 4.47. The molecule has 0 unspecified atom stereocenters. The lowest BCUT2D eigenvalue weighted by molar-refractivity contribution is -0.140. The van der Waals surface area contributed by atoms with Gasteiger partial charge in [-0.25, -0.2) is 0 Å². The highest BCUT2D eigenvalue weighted by atomic mass is 35.5. The zero-order chi connectivity index (χ0) is 20.5. The normalized spacial score (nSPS) is 11.6. The van der Waals surface area contributed by atoms with Gasteiger partial charge in [0.25, 0.3) is 0 Å². The molecule has 5 nitrogen and oxygen atoms in total. The summed E-state index contributed by atoms with van der Waals surface area (Å²) in [5.74, 6) is 0.461. The maximum atomic E-state index is 12.8. The minimum absolute atomic E-state index is 0.0719. The largest absolute Gasteiger partial charge is 0.494 e. The zero-order valence-corrected chi connectivity index (χ0v) is 17.3. The van der Waals surface area contributed by atoms with Crippen LogP contribution in [0.15, 0.2) is 48.5 Å². The summed E-state index contributed by atoms with van der Waals surface area (Å²) in [5.41, 5.74) is 2.12. The van der Waals surface area contributed by atoms with Crippen LogP contribution < -0.4 is 10.1 Å². The van der Waals surface area contributed by atoms with Crippen molar-refractivity contribution < 1.29 is 14.3 Å². The van der Waals surface area contributed by atoms with Gasteiger partial charge in [0.1, 0.15) is 11.8 Å². The van der Waals surface area contributed by atoms with Gasteiger partial charge in [-0.3, -0.25) is 9.59 Å². The Hall–Kier alpha value is -2.53. The average molecular weight is 403 g/mol. The average Bonchev–Trinajstić information content (AvgIpc) is 2.69. The highest BCUT2D eigenvalue weighted by molar-refractivity contribution is 6.30. The molecule has 0 radical (unpaired) electrons. The number of hydrogen-bond donors (Lipinski definition) is 1. The molecule has 0 spiro atoms. The van der Waals surface area contributed by atoms with Crippen LogP contribution in [0.3, 0.4) is 0 Å². The summed E-state index contributed by atoms with van der Waals surface area (Å²) >= 11 is 5.85. The Morgan fingerprint density at radius 3 is 2.54 bits per heavy atom. The van der Waals surface area contributed by atoms with Crippen molar-refractivity contribution in [3.8, 4) is 5.75 Å². The summed E-state index contributed by atoms with van der Waals surface area (Å²) in [4.78, 5) is 26.6. The van der Waals surface area contributed by atoms with Crippen molar-refractivity contribution in [2.45, 2.75) is 39.3 Å². The first kappa shape index (κ1) is 21.8. The first-order valence-electron chi connectivity index (χ1n) is 9.35. The van der Waals surface area contributed by atoms with Crippen LogP contribution >= 0.6 is 11.6 Å². The Kier molecular flexibility index (Phi) is 8.33. The molecule has 1 N–H and O–H groups in total. The topological polar surface area (TPSA) is 58.6 Å². The Morgan fingerprint density at radius 2 is 1.89 bits per heavy atom. The molecule has 150 valence electrons. The van der Waals surface area contributed by atoms with Crippen molar-refractivity contribution in [3.63, 3.8) is 0 Å². The van der Waals surface area contributed by atoms with Gasteiger partial charge in [0, 0.05) is 25.0 Å². The molecule has 0 aliphatic heterocycles. The lowest BCUT2D eigenvalue weighted by Gasteiger charge is -2.28. The number of benzene rings is 2. The van der Waals surface area contributed by atoms with Crippen LogP contribution in [-0.2, 0) is 16.1 Å². The number of hydrogen-bond acceptors (Lipinski definition) is 3. The van der Waals surface area contributed by atoms with Crippen LogP contribution in [0.5, 0.6) is 5.75 Å². The molecule has 6 heteroatoms. The van der Waals surface area contributed by atoms with Gasteiger partial charge >= 0.3 is 0 Å². The molecule has 0 saturated heterocycles. The molecule has 0 saturated carbocycles. The Labute approximate surface area is 171 Å². The number of likely N-dealkylation sites (N-methyl/N-ethyl adjacent to an activating group) is 1. The molecule has 2 aromatic carbocycles. The fourth-order valence-corrected chi connectivity index (χ4v) is 3.01. The maximum Gasteiger partial charge on any atom is 0.242 e. The number of aryl methyl sites for hydroxylation is 1. The summed E-state index contributed by atoms with van der Waals surface area (Å²) in [7, 11) is 1.58. The zero-order valence-electron chi connectivity index (χ0n) is 16.6. The number of amides is 2. The smallest absolute Gasteiger partial charge is 0.242 e. The number of rotatable bonds is 9. The molecular formula is C22H27ClN2O3. The van der Waals surface area contributed by atoms with Crippen LogP contribution in [0.1, 0.15) is 30.9 Å². The lowest BCUT2D eigenvalue weighted by Crippen LogP contribution is -2.46. The summed E-state index contributed by atoms with van der Waals surface area (Å²) in [6.45, 7) is 4.57. The van der Waals surface area contributed by atoms with E-state index in [0.717, 1.165) is 11.1 Å². The van der Waals surface area contributed by atoms with E-state index in [1.165, 1.54) is 0 Å². The predicted octanol–water partition coefficient (Wildman–Crippen LogP) is 3.97. The van der Waals surface area contributed by atoms with Crippen molar-refractivity contribution in [2.24, 2.45) is 0 Å². The number of carbonyl (C=O) groups excluding carboxylic acids is 2. The van der Waals surface area contributed by atoms with Gasteiger partial charge in [-0.05, 0) is 50.1 Å². The van der Waals surface area contributed by atoms with E-state index in [2.05, 4.69) is 5.32 Å². The molecule has 0 aliphatic rings. The highest BCUT2D eigenvalue weighted by Gasteiger charge is 2.25. The highest BCUT2D eigenvalue weighted by Crippen LogP contribution is 2.17. The molecule has 28 heavy (non-hydrogen) atoms. The van der Waals surface area contributed by atoms with Gasteiger partial charge in [-0.15, -0.1) is 0 Å². The molecule has 0 heterocycles. The molecule has 1 atom stereocenters. The van der Waals surface area contributed by atoms with Gasteiger partial charge < -0.3 is 15.0 Å². The van der Waals surface area contributed by atoms with Gasteiger partial charge in [-0.2, -0.15) is 0 Å². The van der Waals surface area contributed by atoms with Gasteiger partial charge in [0.05, 0.1) is 6.61 Å². The lowest BCUT2D eigenvalue weighted by atomic mass is 10.1. The van der Waals surface area contributed by atoms with Crippen LogP contribution in [0, 0.1) is 6.92 Å². The molecule has 0 aliphatic carbocycles. The number of nitrogens with one attached hydrogen (secondary N) is 1. The van der Waals surface area contributed by atoms with Crippen molar-refractivity contribution >= 4 is 23.4 Å². The summed E-state index contributed by atoms with van der Waals surface area (Å²) in [6.07, 6.45) is 0.868. The fourth-order valence-electron chi connectivity index (χ4n) is 2.89. The van der Waals surface area contributed by atoms with E-state index in [-0.39, 0.29) is 11.8 Å². The molecular weight excluding hydrogens is 376 g/mol. The minimum atomic E-state index is -0.546. The van der Waals surface area contributed by atoms with E-state index in [9.17, 15) is 9.59 Å². The van der Waals surface area contributed by atoms with E-state index in [0.29, 0.717) is 36.8 Å². The second-order valence-corrected chi connectivity index (χ2v) is 7.14. The van der Waals surface area contributed by atoms with Crippen molar-refractivity contribution in [3.05, 3.63) is 64.7 Å². The van der Waals surface area contributed by atoms with Crippen molar-refractivity contribution in [1.29, 1.82) is 0 Å². The second-order valence-electron chi connectivity index (χ2n) is 6.71. The van der Waals surface area contributed by atoms with Crippen molar-refractivity contribution in [2.75, 3.05) is 13.7 Å². The molecule has 0 fully saturated rings. The van der Waals surface area contributed by atoms with E-state index < -0.39 is 6.04 Å². The minimum Gasteiger partial charge on any atom is -0.494 e. The number of halogens is 1. The maximum absolute atomic E-state index is 12.8. The Morgan fingerprint density at radius 1 is 1.18 bits per heavy atom. The first-order valence-corrected chi connectivity index (χ1v) is 9.73. The van der Waals surface area contributed by atoms with E-state index >= 15 is 0 Å². The van der Waals surface area contributed by atoms with Crippen LogP contribution in [0.25, 0.3) is 0 Å². The molecule has 2 rings (SSSR count). The van der Waals surface area contributed by atoms with E-state index in [1.54, 1.807) is 43.1 Å². The molecule has 2 amide bonds. The monoisotopic (exact) mass is 402 g/mol. The third-order valence-corrected chi connectivity index (χ3v) is 4.72. The number of ether oxygens (including phenoxy) is 1. The second kappa shape index (κ2) is 10.7.